The number of hydrogen-bond donors (Lipinski definition) is 1. The van der Waals surface area contributed by atoms with Gasteiger partial charge in [-0.25, -0.2) is 8.42 Å². The first-order valence-corrected chi connectivity index (χ1v) is 8.10. The summed E-state index contributed by atoms with van der Waals surface area (Å²) < 4.78 is 27.8. The van der Waals surface area contributed by atoms with Crippen LogP contribution in [0, 0.1) is 0 Å². The maximum Gasteiger partial charge on any atom is 0.147 e. The van der Waals surface area contributed by atoms with Gasteiger partial charge in [0.1, 0.15) is 9.84 Å². The second kappa shape index (κ2) is 6.57. The highest BCUT2D eigenvalue weighted by Crippen LogP contribution is 2.18. The van der Waals surface area contributed by atoms with Crippen molar-refractivity contribution in [2.45, 2.75) is 44.8 Å². The number of nitrogens with one attached hydrogen (secondary N) is 1. The molecule has 1 aliphatic rings. The molecule has 0 saturated carbocycles. The van der Waals surface area contributed by atoms with Crippen molar-refractivity contribution >= 4 is 9.84 Å². The van der Waals surface area contributed by atoms with E-state index in [1.807, 2.05) is 6.92 Å². The van der Waals surface area contributed by atoms with Gasteiger partial charge in [-0.3, -0.25) is 0 Å². The summed E-state index contributed by atoms with van der Waals surface area (Å²) in [6, 6.07) is 0.267. The van der Waals surface area contributed by atoms with Crippen LogP contribution in [0.15, 0.2) is 0 Å². The number of sulfone groups is 1. The first-order valence-electron chi connectivity index (χ1n) is 6.04. The lowest BCUT2D eigenvalue weighted by atomic mass is 10.0. The molecule has 1 saturated heterocycles. The zero-order chi connectivity index (χ0) is 12.0. The van der Waals surface area contributed by atoms with Crippen LogP contribution in [0.3, 0.4) is 0 Å². The minimum Gasteiger partial charge on any atom is -0.378 e. The van der Waals surface area contributed by atoms with Gasteiger partial charge in [0.05, 0.1) is 11.9 Å². The topological polar surface area (TPSA) is 55.4 Å². The molecule has 0 aliphatic carbocycles. The number of hydrogen-bond acceptors (Lipinski definition) is 4. The zero-order valence-electron chi connectivity index (χ0n) is 10.2. The highest BCUT2D eigenvalue weighted by atomic mass is 32.2. The van der Waals surface area contributed by atoms with Crippen LogP contribution in [0.4, 0.5) is 0 Å². The average Bonchev–Trinajstić information content (AvgIpc) is 2.66. The van der Waals surface area contributed by atoms with Crippen molar-refractivity contribution in [3.8, 4) is 0 Å². The average molecular weight is 249 g/mol. The Morgan fingerprint density at radius 2 is 2.25 bits per heavy atom. The van der Waals surface area contributed by atoms with Crippen LogP contribution in [-0.2, 0) is 14.6 Å². The van der Waals surface area contributed by atoms with Gasteiger partial charge < -0.3 is 10.1 Å². The van der Waals surface area contributed by atoms with Gasteiger partial charge >= 0.3 is 0 Å². The smallest absolute Gasteiger partial charge is 0.147 e. The molecule has 0 amide bonds. The van der Waals surface area contributed by atoms with E-state index < -0.39 is 9.84 Å². The Bertz CT molecular complexity index is 284. The highest BCUT2D eigenvalue weighted by Gasteiger charge is 2.21. The molecule has 1 N–H and O–H groups in total. The zero-order valence-corrected chi connectivity index (χ0v) is 11.1. The van der Waals surface area contributed by atoms with E-state index in [0.29, 0.717) is 12.5 Å². The van der Waals surface area contributed by atoms with Crippen molar-refractivity contribution in [2.75, 3.05) is 25.2 Å². The van der Waals surface area contributed by atoms with Gasteiger partial charge in [0, 0.05) is 18.9 Å². The molecular formula is C11H23NO3S. The molecule has 2 unspecified atom stereocenters. The van der Waals surface area contributed by atoms with Gasteiger partial charge in [0.15, 0.2) is 0 Å². The Morgan fingerprint density at radius 1 is 1.50 bits per heavy atom. The molecule has 96 valence electrons. The summed E-state index contributed by atoms with van der Waals surface area (Å²) in [5.74, 6) is 0.261. The largest absolute Gasteiger partial charge is 0.378 e. The predicted molar refractivity (Wildman–Crippen MR) is 65.4 cm³/mol. The minimum absolute atomic E-state index is 0.261. The van der Waals surface area contributed by atoms with Gasteiger partial charge in [-0.1, -0.05) is 6.92 Å². The normalized spacial score (nSPS) is 23.5. The molecule has 1 aliphatic heterocycles. The molecule has 1 heterocycles. The van der Waals surface area contributed by atoms with Crippen molar-refractivity contribution in [1.29, 1.82) is 0 Å². The molecule has 1 rings (SSSR count). The van der Waals surface area contributed by atoms with Crippen molar-refractivity contribution in [2.24, 2.45) is 0 Å². The third kappa shape index (κ3) is 5.82. The van der Waals surface area contributed by atoms with Gasteiger partial charge in [0.25, 0.3) is 0 Å². The molecule has 2 atom stereocenters. The van der Waals surface area contributed by atoms with Crippen molar-refractivity contribution in [1.82, 2.24) is 5.32 Å². The Morgan fingerprint density at radius 3 is 2.75 bits per heavy atom. The van der Waals surface area contributed by atoms with Gasteiger partial charge in [-0.15, -0.1) is 0 Å². The van der Waals surface area contributed by atoms with E-state index in [-0.39, 0.29) is 11.8 Å². The summed E-state index contributed by atoms with van der Waals surface area (Å²) >= 11 is 0. The van der Waals surface area contributed by atoms with Crippen LogP contribution >= 0.6 is 0 Å². The second-order valence-electron chi connectivity index (χ2n) is 4.54. The first kappa shape index (κ1) is 13.9. The fraction of sp³-hybridized carbons (Fsp3) is 1.00. The highest BCUT2D eigenvalue weighted by molar-refractivity contribution is 7.90. The Hall–Kier alpha value is -0.130. The molecular weight excluding hydrogens is 226 g/mol. The van der Waals surface area contributed by atoms with E-state index in [2.05, 4.69) is 5.32 Å². The molecule has 5 heteroatoms. The first-order chi connectivity index (χ1) is 7.51. The maximum atomic E-state index is 11.1. The lowest BCUT2D eigenvalue weighted by Crippen LogP contribution is -2.34. The Kier molecular flexibility index (Phi) is 5.72. The molecule has 0 aromatic carbocycles. The number of rotatable bonds is 7. The molecule has 0 aromatic heterocycles. The lowest BCUT2D eigenvalue weighted by molar-refractivity contribution is 0.0944. The van der Waals surface area contributed by atoms with Gasteiger partial charge in [-0.2, -0.15) is 0 Å². The van der Waals surface area contributed by atoms with Crippen LogP contribution in [-0.4, -0.2) is 45.7 Å². The molecule has 0 bridgehead atoms. The molecule has 4 nitrogen and oxygen atoms in total. The van der Waals surface area contributed by atoms with Crippen LogP contribution < -0.4 is 5.32 Å². The van der Waals surface area contributed by atoms with Gasteiger partial charge in [0.2, 0.25) is 0 Å². The lowest BCUT2D eigenvalue weighted by Gasteiger charge is -2.20. The molecule has 1 fully saturated rings. The molecule has 0 aromatic rings. The maximum absolute atomic E-state index is 11.1. The quantitative estimate of drug-likeness (QED) is 0.730. The molecule has 0 radical (unpaired) electrons. The summed E-state index contributed by atoms with van der Waals surface area (Å²) in [7, 11) is -2.85. The summed E-state index contributed by atoms with van der Waals surface area (Å²) in [4.78, 5) is 0. The third-order valence-corrected chi connectivity index (χ3v) is 3.88. The standard InChI is InChI=1S/C11H23NO3S/c1-3-12-10(6-8-16(2,13)14)9-11-5-4-7-15-11/h10-12H,3-9H2,1-2H3. The van der Waals surface area contributed by atoms with Crippen molar-refractivity contribution in [3.63, 3.8) is 0 Å². The Balaban J connectivity index is 2.34. The van der Waals surface area contributed by atoms with Crippen LogP contribution in [0.1, 0.15) is 32.6 Å². The fourth-order valence-corrected chi connectivity index (χ4v) is 2.81. The Labute approximate surface area is 98.7 Å². The fourth-order valence-electron chi connectivity index (χ4n) is 2.10. The van der Waals surface area contributed by atoms with Crippen molar-refractivity contribution in [3.05, 3.63) is 0 Å². The number of ether oxygens (including phenoxy) is 1. The monoisotopic (exact) mass is 249 g/mol. The van der Waals surface area contributed by atoms with E-state index in [9.17, 15) is 8.42 Å². The SMILES string of the molecule is CCNC(CCS(C)(=O)=O)CC1CCCO1. The van der Waals surface area contributed by atoms with E-state index in [1.54, 1.807) is 0 Å². The molecule has 0 spiro atoms. The van der Waals surface area contributed by atoms with Crippen molar-refractivity contribution < 1.29 is 13.2 Å². The van der Waals surface area contributed by atoms with E-state index in [1.165, 1.54) is 6.26 Å². The second-order valence-corrected chi connectivity index (χ2v) is 6.80. The van der Waals surface area contributed by atoms with E-state index in [4.69, 9.17) is 4.74 Å². The van der Waals surface area contributed by atoms with E-state index in [0.717, 1.165) is 32.4 Å². The summed E-state index contributed by atoms with van der Waals surface area (Å²) in [6.45, 7) is 3.78. The van der Waals surface area contributed by atoms with Crippen LogP contribution in [0.25, 0.3) is 0 Å². The minimum atomic E-state index is -2.85. The third-order valence-electron chi connectivity index (χ3n) is 2.90. The van der Waals surface area contributed by atoms with Crippen LogP contribution in [0.5, 0.6) is 0 Å². The summed E-state index contributed by atoms with van der Waals surface area (Å²) in [5.41, 5.74) is 0. The molecule has 16 heavy (non-hydrogen) atoms. The summed E-state index contributed by atoms with van der Waals surface area (Å²) in [6.07, 6.45) is 5.48. The van der Waals surface area contributed by atoms with E-state index >= 15 is 0 Å². The predicted octanol–water partition coefficient (Wildman–Crippen LogP) is 0.968. The van der Waals surface area contributed by atoms with Gasteiger partial charge in [-0.05, 0) is 32.2 Å². The van der Waals surface area contributed by atoms with Crippen LogP contribution in [0.2, 0.25) is 0 Å². The summed E-state index contributed by atoms with van der Waals surface area (Å²) in [5, 5.41) is 3.34.